The van der Waals surface area contributed by atoms with E-state index in [0.717, 1.165) is 25.2 Å². The van der Waals surface area contributed by atoms with Crippen LogP contribution in [0, 0.1) is 0 Å². The van der Waals surface area contributed by atoms with Gasteiger partial charge in [-0.2, -0.15) is 0 Å². The zero-order chi connectivity index (χ0) is 17.6. The maximum Gasteiger partial charge on any atom is 0.248 e. The van der Waals surface area contributed by atoms with Crippen molar-refractivity contribution >= 4 is 41.5 Å². The normalized spacial score (nSPS) is 13.9. The molecule has 2 rings (SSSR count). The molecule has 0 aliphatic carbocycles. The second kappa shape index (κ2) is 9.96. The summed E-state index contributed by atoms with van der Waals surface area (Å²) in [5.74, 6) is 0.645. The van der Waals surface area contributed by atoms with Gasteiger partial charge in [-0.1, -0.05) is 18.2 Å². The fourth-order valence-corrected chi connectivity index (χ4v) is 2.54. The van der Waals surface area contributed by atoms with Crippen molar-refractivity contribution in [3.63, 3.8) is 0 Å². The third-order valence-corrected chi connectivity index (χ3v) is 4.14. The standard InChI is InChI=1S/C18H28N4O2.HI/c1-5-19-17(21-13-18(2,3)24-4)20-12-16(23)22-11-10-14-8-6-7-9-15(14)22;/h6-9H,5,10-13H2,1-4H3,(H2,19,20,21);1H. The predicted octanol–water partition coefficient (Wildman–Crippen LogP) is 2.17. The molecule has 25 heavy (non-hydrogen) atoms. The number of benzene rings is 1. The quantitative estimate of drug-likeness (QED) is 0.388. The number of aliphatic imine (C=N–C) groups is 1. The summed E-state index contributed by atoms with van der Waals surface area (Å²) in [6.07, 6.45) is 0.909. The molecule has 0 unspecified atom stereocenters. The molecule has 0 spiro atoms. The predicted molar refractivity (Wildman–Crippen MR) is 113 cm³/mol. The van der Waals surface area contributed by atoms with E-state index in [1.165, 1.54) is 5.56 Å². The third kappa shape index (κ3) is 6.14. The van der Waals surface area contributed by atoms with Gasteiger partial charge in [0, 0.05) is 32.4 Å². The van der Waals surface area contributed by atoms with Crippen LogP contribution in [-0.4, -0.2) is 50.8 Å². The molecule has 0 fully saturated rings. The van der Waals surface area contributed by atoms with Crippen LogP contribution < -0.4 is 15.5 Å². The van der Waals surface area contributed by atoms with E-state index in [1.807, 2.05) is 43.9 Å². The summed E-state index contributed by atoms with van der Waals surface area (Å²) in [4.78, 5) is 18.7. The van der Waals surface area contributed by atoms with Crippen LogP contribution in [0.25, 0.3) is 0 Å². The number of rotatable bonds is 6. The van der Waals surface area contributed by atoms with Gasteiger partial charge in [0.1, 0.15) is 6.54 Å². The lowest BCUT2D eigenvalue weighted by molar-refractivity contribution is -0.117. The number of nitrogens with one attached hydrogen (secondary N) is 2. The second-order valence-electron chi connectivity index (χ2n) is 6.44. The first-order valence-corrected chi connectivity index (χ1v) is 8.42. The van der Waals surface area contributed by atoms with E-state index < -0.39 is 0 Å². The number of guanidine groups is 1. The van der Waals surface area contributed by atoms with Gasteiger partial charge >= 0.3 is 0 Å². The number of fused-ring (bicyclic) bond motifs is 1. The zero-order valence-corrected chi connectivity index (χ0v) is 17.8. The minimum Gasteiger partial charge on any atom is -0.377 e. The van der Waals surface area contributed by atoms with E-state index in [0.29, 0.717) is 12.5 Å². The lowest BCUT2D eigenvalue weighted by atomic mass is 10.1. The van der Waals surface area contributed by atoms with Crippen molar-refractivity contribution in [3.8, 4) is 0 Å². The first kappa shape index (κ1) is 21.7. The Balaban J connectivity index is 0.00000312. The van der Waals surface area contributed by atoms with Gasteiger partial charge in [-0.25, -0.2) is 4.99 Å². The minimum atomic E-state index is -0.298. The molecular formula is C18H29IN4O2. The molecule has 140 valence electrons. The van der Waals surface area contributed by atoms with Gasteiger partial charge in [0.05, 0.1) is 5.60 Å². The Kier molecular flexibility index (Phi) is 8.64. The number of hydrogen-bond acceptors (Lipinski definition) is 3. The molecule has 1 aromatic rings. The highest BCUT2D eigenvalue weighted by atomic mass is 127. The molecule has 0 saturated carbocycles. The number of anilines is 1. The largest absolute Gasteiger partial charge is 0.377 e. The fraction of sp³-hybridized carbons (Fsp3) is 0.556. The highest BCUT2D eigenvalue weighted by molar-refractivity contribution is 14.0. The first-order chi connectivity index (χ1) is 11.5. The molecule has 1 aromatic carbocycles. The Morgan fingerprint density at radius 1 is 1.32 bits per heavy atom. The van der Waals surface area contributed by atoms with E-state index in [-0.39, 0.29) is 42.0 Å². The van der Waals surface area contributed by atoms with Crippen LogP contribution in [0.3, 0.4) is 0 Å². The van der Waals surface area contributed by atoms with Crippen LogP contribution >= 0.6 is 24.0 Å². The summed E-state index contributed by atoms with van der Waals surface area (Å²) in [6.45, 7) is 8.18. The summed E-state index contributed by atoms with van der Waals surface area (Å²) in [5, 5.41) is 6.38. The van der Waals surface area contributed by atoms with E-state index in [2.05, 4.69) is 21.7 Å². The number of hydrogen-bond donors (Lipinski definition) is 2. The molecule has 0 aromatic heterocycles. The number of halogens is 1. The van der Waals surface area contributed by atoms with Gasteiger partial charge in [-0.05, 0) is 38.8 Å². The average molecular weight is 460 g/mol. The van der Waals surface area contributed by atoms with E-state index in [9.17, 15) is 4.79 Å². The van der Waals surface area contributed by atoms with Crippen LogP contribution in [0.2, 0.25) is 0 Å². The van der Waals surface area contributed by atoms with Crippen molar-refractivity contribution < 1.29 is 9.53 Å². The summed E-state index contributed by atoms with van der Waals surface area (Å²) < 4.78 is 5.39. The highest BCUT2D eigenvalue weighted by Crippen LogP contribution is 2.27. The average Bonchev–Trinajstić information content (AvgIpc) is 3.01. The van der Waals surface area contributed by atoms with Gasteiger partial charge < -0.3 is 20.3 Å². The number of para-hydroxylation sites is 1. The maximum atomic E-state index is 12.5. The number of ether oxygens (including phenoxy) is 1. The zero-order valence-electron chi connectivity index (χ0n) is 15.5. The van der Waals surface area contributed by atoms with Crippen molar-refractivity contribution in [2.75, 3.05) is 38.2 Å². The summed E-state index contributed by atoms with van der Waals surface area (Å²) in [7, 11) is 1.68. The van der Waals surface area contributed by atoms with Gasteiger partial charge in [0.15, 0.2) is 5.96 Å². The lowest BCUT2D eigenvalue weighted by Gasteiger charge is -2.24. The van der Waals surface area contributed by atoms with E-state index >= 15 is 0 Å². The van der Waals surface area contributed by atoms with E-state index in [1.54, 1.807) is 7.11 Å². The summed E-state index contributed by atoms with van der Waals surface area (Å²) in [6, 6.07) is 8.04. The Bertz CT molecular complexity index is 604. The van der Waals surface area contributed by atoms with Crippen molar-refractivity contribution in [2.45, 2.75) is 32.8 Å². The summed E-state index contributed by atoms with van der Waals surface area (Å²) in [5.41, 5.74) is 1.94. The smallest absolute Gasteiger partial charge is 0.248 e. The van der Waals surface area contributed by atoms with Crippen molar-refractivity contribution in [1.29, 1.82) is 0 Å². The number of carbonyl (C=O) groups is 1. The third-order valence-electron chi connectivity index (χ3n) is 4.14. The Hall–Kier alpha value is -1.35. The molecule has 1 aliphatic heterocycles. The highest BCUT2D eigenvalue weighted by Gasteiger charge is 2.24. The number of amides is 1. The van der Waals surface area contributed by atoms with Crippen molar-refractivity contribution in [2.24, 2.45) is 4.99 Å². The number of methoxy groups -OCH3 is 1. The van der Waals surface area contributed by atoms with Crippen molar-refractivity contribution in [3.05, 3.63) is 29.8 Å². The van der Waals surface area contributed by atoms with Gasteiger partial charge in [-0.3, -0.25) is 4.79 Å². The molecule has 1 aliphatic rings. The Labute approximate surface area is 167 Å². The van der Waals surface area contributed by atoms with E-state index in [4.69, 9.17) is 4.74 Å². The first-order valence-electron chi connectivity index (χ1n) is 8.42. The van der Waals surface area contributed by atoms with Crippen LogP contribution in [0.5, 0.6) is 0 Å². The van der Waals surface area contributed by atoms with Crippen LogP contribution in [0.1, 0.15) is 26.3 Å². The maximum absolute atomic E-state index is 12.5. The summed E-state index contributed by atoms with van der Waals surface area (Å²) >= 11 is 0. The molecule has 0 radical (unpaired) electrons. The molecule has 0 saturated heterocycles. The van der Waals surface area contributed by atoms with Crippen molar-refractivity contribution in [1.82, 2.24) is 10.6 Å². The molecule has 1 heterocycles. The second-order valence-corrected chi connectivity index (χ2v) is 6.44. The number of carbonyl (C=O) groups excluding carboxylic acids is 1. The molecule has 0 bridgehead atoms. The lowest BCUT2D eigenvalue weighted by Crippen LogP contribution is -2.45. The topological polar surface area (TPSA) is 66.0 Å². The van der Waals surface area contributed by atoms with Crippen LogP contribution in [0.4, 0.5) is 5.69 Å². The number of nitrogens with zero attached hydrogens (tertiary/aromatic N) is 2. The molecule has 1 amide bonds. The van der Waals surface area contributed by atoms with Gasteiger partial charge in [0.2, 0.25) is 5.91 Å². The molecule has 6 nitrogen and oxygen atoms in total. The van der Waals surface area contributed by atoms with Crippen LogP contribution in [0.15, 0.2) is 29.3 Å². The molecule has 7 heteroatoms. The molecule has 2 N–H and O–H groups in total. The SMILES string of the molecule is CCNC(=NCC(=O)N1CCc2ccccc21)NCC(C)(C)OC.I. The van der Waals surface area contributed by atoms with Gasteiger partial charge in [-0.15, -0.1) is 24.0 Å². The molecular weight excluding hydrogens is 431 g/mol. The van der Waals surface area contributed by atoms with Crippen LogP contribution in [-0.2, 0) is 16.0 Å². The minimum absolute atomic E-state index is 0. The van der Waals surface area contributed by atoms with Gasteiger partial charge in [0.25, 0.3) is 0 Å². The Morgan fingerprint density at radius 3 is 2.72 bits per heavy atom. The molecule has 0 atom stereocenters. The monoisotopic (exact) mass is 460 g/mol. The fourth-order valence-electron chi connectivity index (χ4n) is 2.54. The Morgan fingerprint density at radius 2 is 2.04 bits per heavy atom.